The van der Waals surface area contributed by atoms with E-state index >= 15 is 0 Å². The van der Waals surface area contributed by atoms with Gasteiger partial charge in [-0.05, 0) is 6.92 Å². The minimum atomic E-state index is 0.373. The van der Waals surface area contributed by atoms with Crippen LogP contribution in [0.4, 0.5) is 0 Å². The van der Waals surface area contributed by atoms with Crippen molar-refractivity contribution in [2.75, 3.05) is 21.1 Å². The molecule has 0 aromatic rings. The standard InChI is InChI=1S/C6H13NO/c1-6(8)5-7(2,3)4/h5H,1-4H3/p+1. The fourth-order valence-corrected chi connectivity index (χ4v) is 0.561. The van der Waals surface area contributed by atoms with E-state index in [4.69, 9.17) is 5.11 Å². The summed E-state index contributed by atoms with van der Waals surface area (Å²) in [5.74, 6) is 0.373. The largest absolute Gasteiger partial charge is 0.507 e. The number of rotatable bonds is 1. The first-order chi connectivity index (χ1) is 3.42. The van der Waals surface area contributed by atoms with Crippen LogP contribution in [0.2, 0.25) is 0 Å². The molecule has 0 heterocycles. The number of allylic oxidation sites excluding steroid dienone is 1. The molecule has 0 aliphatic carbocycles. The Morgan fingerprint density at radius 3 is 1.75 bits per heavy atom. The molecule has 0 fully saturated rings. The third kappa shape index (κ3) is 5.50. The van der Waals surface area contributed by atoms with Gasteiger partial charge in [-0.1, -0.05) is 0 Å². The maximum Gasteiger partial charge on any atom is 0.142 e. The predicted molar refractivity (Wildman–Crippen MR) is 34.4 cm³/mol. The Morgan fingerprint density at radius 2 is 1.75 bits per heavy atom. The summed E-state index contributed by atoms with van der Waals surface area (Å²) < 4.78 is 0.669. The summed E-state index contributed by atoms with van der Waals surface area (Å²) in [6.07, 6.45) is 1.76. The van der Waals surface area contributed by atoms with E-state index in [1.54, 1.807) is 13.1 Å². The highest BCUT2D eigenvalue weighted by Gasteiger charge is 2.00. The van der Waals surface area contributed by atoms with Gasteiger partial charge in [-0.2, -0.15) is 0 Å². The highest BCUT2D eigenvalue weighted by atomic mass is 16.3. The molecular formula is C6H14NO+. The van der Waals surface area contributed by atoms with Crippen molar-refractivity contribution < 1.29 is 9.59 Å². The Balaban J connectivity index is 3.89. The lowest BCUT2D eigenvalue weighted by atomic mass is 10.5. The van der Waals surface area contributed by atoms with Crippen LogP contribution in [0.5, 0.6) is 0 Å². The smallest absolute Gasteiger partial charge is 0.142 e. The first-order valence-electron chi connectivity index (χ1n) is 2.61. The van der Waals surface area contributed by atoms with Gasteiger partial charge in [0.05, 0.1) is 21.1 Å². The molecule has 0 spiro atoms. The Morgan fingerprint density at radius 1 is 1.38 bits per heavy atom. The second kappa shape index (κ2) is 2.18. The number of aliphatic hydroxyl groups excluding tert-OH is 1. The summed E-state index contributed by atoms with van der Waals surface area (Å²) in [5, 5.41) is 8.73. The van der Waals surface area contributed by atoms with Crippen LogP contribution in [0, 0.1) is 0 Å². The summed E-state index contributed by atoms with van der Waals surface area (Å²) in [6, 6.07) is 0. The summed E-state index contributed by atoms with van der Waals surface area (Å²) in [4.78, 5) is 0. The molecule has 0 unspecified atom stereocenters. The highest BCUT2D eigenvalue weighted by molar-refractivity contribution is 4.76. The molecule has 0 radical (unpaired) electrons. The number of quaternary nitrogens is 1. The molecule has 8 heavy (non-hydrogen) atoms. The number of nitrogens with zero attached hydrogens (tertiary/aromatic N) is 1. The monoisotopic (exact) mass is 116 g/mol. The van der Waals surface area contributed by atoms with Gasteiger partial charge in [-0.3, -0.25) is 0 Å². The Labute approximate surface area is 50.6 Å². The molecule has 1 N–H and O–H groups in total. The van der Waals surface area contributed by atoms with Crippen molar-refractivity contribution in [3.63, 3.8) is 0 Å². The lowest BCUT2D eigenvalue weighted by Crippen LogP contribution is -2.27. The zero-order chi connectivity index (χ0) is 6.78. The number of aliphatic hydroxyl groups is 1. The van der Waals surface area contributed by atoms with Gasteiger partial charge in [0.15, 0.2) is 0 Å². The van der Waals surface area contributed by atoms with Gasteiger partial charge in [-0.25, -0.2) is 0 Å². The first kappa shape index (κ1) is 7.50. The van der Waals surface area contributed by atoms with Gasteiger partial charge in [0, 0.05) is 0 Å². The summed E-state index contributed by atoms with van der Waals surface area (Å²) in [7, 11) is 5.96. The van der Waals surface area contributed by atoms with E-state index < -0.39 is 0 Å². The van der Waals surface area contributed by atoms with Crippen molar-refractivity contribution in [2.24, 2.45) is 0 Å². The fourth-order valence-electron chi connectivity index (χ4n) is 0.561. The first-order valence-corrected chi connectivity index (χ1v) is 2.61. The molecule has 0 aliphatic rings. The van der Waals surface area contributed by atoms with Crippen LogP contribution < -0.4 is 0 Å². The summed E-state index contributed by atoms with van der Waals surface area (Å²) >= 11 is 0. The molecule has 2 nitrogen and oxygen atoms in total. The Bertz CT molecular complexity index is 95.6. The molecule has 0 amide bonds. The van der Waals surface area contributed by atoms with E-state index in [0.717, 1.165) is 0 Å². The maximum absolute atomic E-state index is 8.73. The molecule has 0 aliphatic heterocycles. The third-order valence-corrected chi connectivity index (χ3v) is 0.574. The van der Waals surface area contributed by atoms with Gasteiger partial charge in [0.2, 0.25) is 0 Å². The SMILES string of the molecule is CC(O)=C[N+](C)(C)C. The third-order valence-electron chi connectivity index (χ3n) is 0.574. The van der Waals surface area contributed by atoms with Crippen molar-refractivity contribution in [3.05, 3.63) is 12.0 Å². The summed E-state index contributed by atoms with van der Waals surface area (Å²) in [5.41, 5.74) is 0. The van der Waals surface area contributed by atoms with Gasteiger partial charge in [-0.15, -0.1) is 0 Å². The molecule has 2 heteroatoms. The van der Waals surface area contributed by atoms with Crippen LogP contribution in [0.3, 0.4) is 0 Å². The van der Waals surface area contributed by atoms with Crippen LogP contribution in [0.25, 0.3) is 0 Å². The van der Waals surface area contributed by atoms with Gasteiger partial charge < -0.3 is 9.59 Å². The number of hydrogen-bond acceptors (Lipinski definition) is 1. The molecule has 0 bridgehead atoms. The zero-order valence-electron chi connectivity index (χ0n) is 5.97. The molecule has 0 aromatic heterocycles. The van der Waals surface area contributed by atoms with E-state index in [2.05, 4.69) is 0 Å². The fraction of sp³-hybridized carbons (Fsp3) is 0.667. The van der Waals surface area contributed by atoms with Gasteiger partial charge >= 0.3 is 0 Å². The highest BCUT2D eigenvalue weighted by Crippen LogP contribution is 1.94. The van der Waals surface area contributed by atoms with Crippen LogP contribution in [0.15, 0.2) is 12.0 Å². The second-order valence-electron chi connectivity index (χ2n) is 2.89. The molecule has 0 atom stereocenters. The minimum absolute atomic E-state index is 0.373. The van der Waals surface area contributed by atoms with Crippen LogP contribution in [-0.2, 0) is 0 Å². The van der Waals surface area contributed by atoms with E-state index in [0.29, 0.717) is 10.2 Å². The van der Waals surface area contributed by atoms with E-state index in [1.807, 2.05) is 21.1 Å². The van der Waals surface area contributed by atoms with E-state index in [-0.39, 0.29) is 0 Å². The van der Waals surface area contributed by atoms with Crippen molar-refractivity contribution >= 4 is 0 Å². The predicted octanol–water partition coefficient (Wildman–Crippen LogP) is 1.11. The lowest BCUT2D eigenvalue weighted by Gasteiger charge is -2.17. The maximum atomic E-state index is 8.73. The van der Waals surface area contributed by atoms with Crippen LogP contribution >= 0.6 is 0 Å². The van der Waals surface area contributed by atoms with Crippen LogP contribution in [0.1, 0.15) is 6.92 Å². The average Bonchev–Trinajstić information content (AvgIpc) is 1.21. The molecule has 0 rings (SSSR count). The molecule has 0 saturated heterocycles. The topological polar surface area (TPSA) is 20.2 Å². The second-order valence-corrected chi connectivity index (χ2v) is 2.89. The van der Waals surface area contributed by atoms with Gasteiger partial charge in [0.1, 0.15) is 12.0 Å². The van der Waals surface area contributed by atoms with Crippen molar-refractivity contribution in [3.8, 4) is 0 Å². The quantitative estimate of drug-likeness (QED) is 0.402. The van der Waals surface area contributed by atoms with E-state index in [1.165, 1.54) is 0 Å². The van der Waals surface area contributed by atoms with Gasteiger partial charge in [0.25, 0.3) is 0 Å². The molecule has 48 valence electrons. The van der Waals surface area contributed by atoms with E-state index in [9.17, 15) is 0 Å². The number of hydrogen-bond donors (Lipinski definition) is 1. The van der Waals surface area contributed by atoms with Crippen LogP contribution in [-0.4, -0.2) is 30.7 Å². The summed E-state index contributed by atoms with van der Waals surface area (Å²) in [6.45, 7) is 1.67. The Kier molecular flexibility index (Phi) is 2.04. The molecule has 0 saturated carbocycles. The van der Waals surface area contributed by atoms with Crippen molar-refractivity contribution in [1.82, 2.24) is 0 Å². The molecule has 0 aromatic carbocycles. The zero-order valence-corrected chi connectivity index (χ0v) is 5.97. The average molecular weight is 116 g/mol. The molecular weight excluding hydrogens is 102 g/mol. The minimum Gasteiger partial charge on any atom is -0.507 e. The van der Waals surface area contributed by atoms with Crippen molar-refractivity contribution in [2.45, 2.75) is 6.92 Å². The van der Waals surface area contributed by atoms with Crippen molar-refractivity contribution in [1.29, 1.82) is 0 Å². The Hall–Kier alpha value is -0.500. The normalized spacial score (nSPS) is 14.2. The lowest BCUT2D eigenvalue weighted by molar-refractivity contribution is -0.818.